The number of nitrogens with one attached hydrogen (secondary N) is 2. The number of halogens is 1. The highest BCUT2D eigenvalue weighted by Crippen LogP contribution is 2.20. The molecule has 0 saturated carbocycles. The van der Waals surface area contributed by atoms with E-state index in [0.717, 1.165) is 4.47 Å². The lowest BCUT2D eigenvalue weighted by Crippen LogP contribution is -2.43. The highest BCUT2D eigenvalue weighted by atomic mass is 79.9. The van der Waals surface area contributed by atoms with Gasteiger partial charge in [0.15, 0.2) is 0 Å². The number of carbonyl (C=O) groups is 3. The Balaban J connectivity index is 2.49. The second kappa shape index (κ2) is 9.96. The molecule has 0 aliphatic rings. The number of likely N-dealkylation sites (N-methyl/N-ethyl adjacent to an activating group) is 1. The average Bonchev–Trinajstić information content (AvgIpc) is 2.49. The van der Waals surface area contributed by atoms with Crippen molar-refractivity contribution in [1.29, 1.82) is 0 Å². The second-order valence-corrected chi connectivity index (χ2v) is 5.45. The standard InChI is InChI=1S/C15H20BrN3O4/c1-3-19(10-14(21)18-15(22)23-4-2)9-13(20)17-12-8-6-5-7-11(12)16/h5-8H,3-4,9-10H2,1-2H3,(H,17,20)(H,18,21,22). The van der Waals surface area contributed by atoms with Gasteiger partial charge in [0.2, 0.25) is 11.8 Å². The molecular formula is C15H20BrN3O4. The first-order chi connectivity index (χ1) is 11.0. The summed E-state index contributed by atoms with van der Waals surface area (Å²) in [5.41, 5.74) is 0.657. The van der Waals surface area contributed by atoms with Crippen LogP contribution in [-0.4, -0.2) is 49.0 Å². The minimum atomic E-state index is -0.786. The van der Waals surface area contributed by atoms with Crippen molar-refractivity contribution in [2.45, 2.75) is 13.8 Å². The number of carbonyl (C=O) groups excluding carboxylic acids is 3. The van der Waals surface area contributed by atoms with Gasteiger partial charge in [0.05, 0.1) is 25.4 Å². The third-order valence-corrected chi connectivity index (χ3v) is 3.54. The highest BCUT2D eigenvalue weighted by molar-refractivity contribution is 9.10. The molecule has 0 radical (unpaired) electrons. The van der Waals surface area contributed by atoms with Gasteiger partial charge < -0.3 is 10.1 Å². The number of para-hydroxylation sites is 1. The second-order valence-electron chi connectivity index (χ2n) is 4.60. The quantitative estimate of drug-likeness (QED) is 0.748. The molecule has 0 heterocycles. The maximum absolute atomic E-state index is 12.0. The summed E-state index contributed by atoms with van der Waals surface area (Å²) in [6.07, 6.45) is -0.786. The van der Waals surface area contributed by atoms with Crippen molar-refractivity contribution in [3.63, 3.8) is 0 Å². The Morgan fingerprint density at radius 2 is 1.78 bits per heavy atom. The van der Waals surface area contributed by atoms with Crippen molar-refractivity contribution in [2.24, 2.45) is 0 Å². The van der Waals surface area contributed by atoms with Crippen LogP contribution in [0, 0.1) is 0 Å². The number of benzene rings is 1. The molecule has 0 aromatic heterocycles. The first-order valence-electron chi connectivity index (χ1n) is 7.19. The summed E-state index contributed by atoms with van der Waals surface area (Å²) < 4.78 is 5.40. The molecule has 2 N–H and O–H groups in total. The fourth-order valence-electron chi connectivity index (χ4n) is 1.76. The molecule has 7 nitrogen and oxygen atoms in total. The van der Waals surface area contributed by atoms with E-state index in [1.165, 1.54) is 0 Å². The van der Waals surface area contributed by atoms with Gasteiger partial charge in [-0.3, -0.25) is 19.8 Å². The summed E-state index contributed by atoms with van der Waals surface area (Å²) in [6.45, 7) is 4.11. The predicted octanol–water partition coefficient (Wildman–Crippen LogP) is 1.98. The molecule has 0 atom stereocenters. The summed E-state index contributed by atoms with van der Waals surface area (Å²) in [4.78, 5) is 36.5. The molecule has 0 aliphatic carbocycles. The van der Waals surface area contributed by atoms with Crippen molar-refractivity contribution >= 4 is 39.5 Å². The Hall–Kier alpha value is -1.93. The zero-order valence-electron chi connectivity index (χ0n) is 13.1. The van der Waals surface area contributed by atoms with E-state index < -0.39 is 12.0 Å². The monoisotopic (exact) mass is 385 g/mol. The lowest BCUT2D eigenvalue weighted by molar-refractivity contribution is -0.122. The molecule has 1 aromatic carbocycles. The average molecular weight is 386 g/mol. The number of imide groups is 1. The molecule has 0 fully saturated rings. The Morgan fingerprint density at radius 3 is 2.39 bits per heavy atom. The van der Waals surface area contributed by atoms with E-state index in [2.05, 4.69) is 31.3 Å². The first-order valence-corrected chi connectivity index (χ1v) is 7.98. The van der Waals surface area contributed by atoms with Crippen LogP contribution in [0.1, 0.15) is 13.8 Å². The maximum atomic E-state index is 12.0. The smallest absolute Gasteiger partial charge is 0.413 e. The van der Waals surface area contributed by atoms with Crippen LogP contribution in [0.5, 0.6) is 0 Å². The molecule has 0 aliphatic heterocycles. The third kappa shape index (κ3) is 7.25. The normalized spacial score (nSPS) is 10.3. The lowest BCUT2D eigenvalue weighted by atomic mass is 10.3. The Labute approximate surface area is 143 Å². The van der Waals surface area contributed by atoms with Crippen LogP contribution in [0.15, 0.2) is 28.7 Å². The number of amides is 3. The third-order valence-electron chi connectivity index (χ3n) is 2.85. The Bertz CT molecular complexity index is 565. The number of nitrogens with zero attached hydrogens (tertiary/aromatic N) is 1. The van der Waals surface area contributed by atoms with Gasteiger partial charge in [-0.05, 0) is 41.5 Å². The van der Waals surface area contributed by atoms with Gasteiger partial charge in [-0.2, -0.15) is 0 Å². The van der Waals surface area contributed by atoms with E-state index in [1.54, 1.807) is 17.9 Å². The van der Waals surface area contributed by atoms with Gasteiger partial charge >= 0.3 is 6.09 Å². The van der Waals surface area contributed by atoms with E-state index in [1.807, 2.05) is 25.1 Å². The predicted molar refractivity (Wildman–Crippen MR) is 90.1 cm³/mol. The number of hydrogen-bond donors (Lipinski definition) is 2. The Morgan fingerprint density at radius 1 is 1.13 bits per heavy atom. The largest absolute Gasteiger partial charge is 0.450 e. The zero-order chi connectivity index (χ0) is 17.2. The van der Waals surface area contributed by atoms with Crippen molar-refractivity contribution in [2.75, 3.05) is 31.6 Å². The molecule has 126 valence electrons. The van der Waals surface area contributed by atoms with Crippen molar-refractivity contribution in [3.05, 3.63) is 28.7 Å². The minimum absolute atomic E-state index is 0.0358. The summed E-state index contributed by atoms with van der Waals surface area (Å²) >= 11 is 3.35. The van der Waals surface area contributed by atoms with Crippen molar-refractivity contribution < 1.29 is 19.1 Å². The van der Waals surface area contributed by atoms with Crippen LogP contribution in [-0.2, 0) is 14.3 Å². The van der Waals surface area contributed by atoms with E-state index >= 15 is 0 Å². The minimum Gasteiger partial charge on any atom is -0.450 e. The molecule has 8 heteroatoms. The summed E-state index contributed by atoms with van der Waals surface area (Å²) in [6, 6.07) is 7.24. The van der Waals surface area contributed by atoms with Crippen molar-refractivity contribution in [1.82, 2.24) is 10.2 Å². The lowest BCUT2D eigenvalue weighted by Gasteiger charge is -2.19. The molecular weight excluding hydrogens is 366 g/mol. The SMILES string of the molecule is CCOC(=O)NC(=O)CN(CC)CC(=O)Nc1ccccc1Br. The topological polar surface area (TPSA) is 87.7 Å². The fraction of sp³-hybridized carbons (Fsp3) is 0.400. The van der Waals surface area contributed by atoms with Gasteiger partial charge in [-0.25, -0.2) is 4.79 Å². The molecule has 0 saturated heterocycles. The van der Waals surface area contributed by atoms with E-state index in [9.17, 15) is 14.4 Å². The van der Waals surface area contributed by atoms with E-state index in [4.69, 9.17) is 0 Å². The number of alkyl carbamates (subject to hydrolysis) is 1. The summed E-state index contributed by atoms with van der Waals surface area (Å²) in [5, 5.41) is 4.86. The van der Waals surface area contributed by atoms with Crippen LogP contribution in [0.2, 0.25) is 0 Å². The molecule has 23 heavy (non-hydrogen) atoms. The van der Waals surface area contributed by atoms with Crippen LogP contribution in [0.3, 0.4) is 0 Å². The van der Waals surface area contributed by atoms with Gasteiger partial charge in [0.25, 0.3) is 0 Å². The number of hydrogen-bond acceptors (Lipinski definition) is 5. The summed E-state index contributed by atoms with van der Waals surface area (Å²) in [5.74, 6) is -0.762. The van der Waals surface area contributed by atoms with Crippen LogP contribution >= 0.6 is 15.9 Å². The van der Waals surface area contributed by atoms with E-state index in [-0.39, 0.29) is 25.6 Å². The maximum Gasteiger partial charge on any atom is 0.413 e. The molecule has 1 aromatic rings. The number of anilines is 1. The van der Waals surface area contributed by atoms with Crippen LogP contribution < -0.4 is 10.6 Å². The Kier molecular flexibility index (Phi) is 8.28. The van der Waals surface area contributed by atoms with Crippen LogP contribution in [0.4, 0.5) is 10.5 Å². The summed E-state index contributed by atoms with van der Waals surface area (Å²) in [7, 11) is 0. The molecule has 0 bridgehead atoms. The highest BCUT2D eigenvalue weighted by Gasteiger charge is 2.15. The molecule has 1 rings (SSSR count). The van der Waals surface area contributed by atoms with Crippen LogP contribution in [0.25, 0.3) is 0 Å². The first kappa shape index (κ1) is 19.1. The van der Waals surface area contributed by atoms with Crippen molar-refractivity contribution in [3.8, 4) is 0 Å². The van der Waals surface area contributed by atoms with Gasteiger partial charge in [0.1, 0.15) is 0 Å². The van der Waals surface area contributed by atoms with Gasteiger partial charge in [-0.15, -0.1) is 0 Å². The van der Waals surface area contributed by atoms with Gasteiger partial charge in [-0.1, -0.05) is 19.1 Å². The number of rotatable bonds is 7. The molecule has 0 unspecified atom stereocenters. The number of ether oxygens (including phenoxy) is 1. The van der Waals surface area contributed by atoms with Gasteiger partial charge in [0, 0.05) is 4.47 Å². The zero-order valence-corrected chi connectivity index (χ0v) is 14.7. The van der Waals surface area contributed by atoms with E-state index in [0.29, 0.717) is 12.2 Å². The fourth-order valence-corrected chi connectivity index (χ4v) is 2.14. The molecule has 3 amide bonds. The molecule has 0 spiro atoms.